The first-order valence-corrected chi connectivity index (χ1v) is 14.4. The maximum Gasteiger partial charge on any atom is 0.243 e. The summed E-state index contributed by atoms with van der Waals surface area (Å²) in [6.07, 6.45) is 1.90. The van der Waals surface area contributed by atoms with E-state index in [4.69, 9.17) is 14.7 Å². The van der Waals surface area contributed by atoms with Gasteiger partial charge in [0, 0.05) is 51.3 Å². The number of rotatable bonds is 7. The third-order valence-corrected chi connectivity index (χ3v) is 9.58. The van der Waals surface area contributed by atoms with E-state index in [1.165, 1.54) is 0 Å². The van der Waals surface area contributed by atoms with Crippen LogP contribution in [-0.2, 0) is 10.0 Å². The van der Waals surface area contributed by atoms with Crippen molar-refractivity contribution in [1.29, 1.82) is 0 Å². The summed E-state index contributed by atoms with van der Waals surface area (Å²) in [5.41, 5.74) is 0.916. The molecule has 1 aromatic heterocycles. The number of nitrogens with zero attached hydrogens (tertiary/aromatic N) is 5. The number of sulfonamides is 1. The SMILES string of the molecule is COc1ccc(S(=O)(=O)N2CCN(C(C)c3nc(N4CCC(CO)CC4)c4ccccc4n3)CC2)cc1. The number of para-hydroxylation sites is 1. The number of methoxy groups -OCH3 is 1. The molecule has 37 heavy (non-hydrogen) atoms. The van der Waals surface area contributed by atoms with Crippen molar-refractivity contribution in [1.82, 2.24) is 19.2 Å². The van der Waals surface area contributed by atoms with Crippen molar-refractivity contribution in [2.24, 2.45) is 5.92 Å². The van der Waals surface area contributed by atoms with E-state index in [2.05, 4.69) is 22.8 Å². The molecule has 2 aromatic carbocycles. The zero-order valence-electron chi connectivity index (χ0n) is 21.5. The van der Waals surface area contributed by atoms with E-state index < -0.39 is 10.0 Å². The highest BCUT2D eigenvalue weighted by molar-refractivity contribution is 7.89. The van der Waals surface area contributed by atoms with Crippen molar-refractivity contribution in [3.63, 3.8) is 0 Å². The van der Waals surface area contributed by atoms with E-state index in [-0.39, 0.29) is 17.5 Å². The first kappa shape index (κ1) is 25.8. The van der Waals surface area contributed by atoms with Gasteiger partial charge in [-0.05, 0) is 62.1 Å². The number of benzene rings is 2. The number of aromatic nitrogens is 2. The summed E-state index contributed by atoms with van der Waals surface area (Å²) in [6, 6.07) is 14.6. The molecule has 0 aliphatic carbocycles. The number of ether oxygens (including phenoxy) is 1. The first-order valence-electron chi connectivity index (χ1n) is 12.9. The Bertz CT molecular complexity index is 1320. The van der Waals surface area contributed by atoms with Crippen LogP contribution in [0.2, 0.25) is 0 Å². The molecule has 0 bridgehead atoms. The van der Waals surface area contributed by atoms with E-state index in [0.717, 1.165) is 48.5 Å². The molecule has 10 heteroatoms. The molecule has 5 rings (SSSR count). The summed E-state index contributed by atoms with van der Waals surface area (Å²) in [5, 5.41) is 10.6. The summed E-state index contributed by atoms with van der Waals surface area (Å²) in [4.78, 5) is 14.8. The predicted molar refractivity (Wildman–Crippen MR) is 143 cm³/mol. The molecule has 1 unspecified atom stereocenters. The van der Waals surface area contributed by atoms with Gasteiger partial charge in [-0.25, -0.2) is 18.4 Å². The van der Waals surface area contributed by atoms with E-state index in [1.807, 2.05) is 18.2 Å². The number of anilines is 1. The minimum absolute atomic E-state index is 0.0517. The van der Waals surface area contributed by atoms with Crippen LogP contribution in [0.1, 0.15) is 31.6 Å². The van der Waals surface area contributed by atoms with Crippen molar-refractivity contribution in [3.8, 4) is 5.75 Å². The van der Waals surface area contributed by atoms with E-state index in [9.17, 15) is 13.5 Å². The molecular weight excluding hydrogens is 490 g/mol. The molecule has 3 heterocycles. The first-order chi connectivity index (χ1) is 17.9. The van der Waals surface area contributed by atoms with Gasteiger partial charge in [0.15, 0.2) is 0 Å². The molecule has 198 valence electrons. The second kappa shape index (κ2) is 10.9. The van der Waals surface area contributed by atoms with Crippen LogP contribution in [0.4, 0.5) is 5.82 Å². The topological polar surface area (TPSA) is 99.1 Å². The van der Waals surface area contributed by atoms with E-state index in [0.29, 0.717) is 37.8 Å². The fraction of sp³-hybridized carbons (Fsp3) is 0.481. The van der Waals surface area contributed by atoms with Crippen molar-refractivity contribution >= 4 is 26.7 Å². The Morgan fingerprint density at radius 1 is 0.973 bits per heavy atom. The number of piperazine rings is 1. The highest BCUT2D eigenvalue weighted by Crippen LogP contribution is 2.31. The molecule has 0 amide bonds. The number of aliphatic hydroxyl groups excluding tert-OH is 1. The average Bonchev–Trinajstić information content (AvgIpc) is 2.96. The summed E-state index contributed by atoms with van der Waals surface area (Å²) in [5.74, 6) is 2.69. The lowest BCUT2D eigenvalue weighted by Crippen LogP contribution is -2.49. The van der Waals surface area contributed by atoms with Gasteiger partial charge in [-0.3, -0.25) is 4.90 Å². The molecule has 0 saturated carbocycles. The van der Waals surface area contributed by atoms with Crippen molar-refractivity contribution in [3.05, 3.63) is 54.4 Å². The lowest BCUT2D eigenvalue weighted by atomic mass is 9.97. The molecule has 3 aromatic rings. The monoisotopic (exact) mass is 525 g/mol. The Balaban J connectivity index is 1.32. The van der Waals surface area contributed by atoms with Gasteiger partial charge in [-0.2, -0.15) is 4.31 Å². The van der Waals surface area contributed by atoms with Crippen molar-refractivity contribution < 1.29 is 18.3 Å². The number of aliphatic hydroxyl groups is 1. The molecule has 9 nitrogen and oxygen atoms in total. The van der Waals surface area contributed by atoms with Gasteiger partial charge in [0.05, 0.1) is 23.6 Å². The van der Waals surface area contributed by atoms with Crippen LogP contribution >= 0.6 is 0 Å². The third-order valence-electron chi connectivity index (χ3n) is 7.66. The zero-order valence-corrected chi connectivity index (χ0v) is 22.3. The average molecular weight is 526 g/mol. The van der Waals surface area contributed by atoms with Gasteiger partial charge < -0.3 is 14.7 Å². The van der Waals surface area contributed by atoms with Crippen LogP contribution in [0.5, 0.6) is 5.75 Å². The molecule has 2 aliphatic rings. The molecule has 2 fully saturated rings. The van der Waals surface area contributed by atoms with Gasteiger partial charge >= 0.3 is 0 Å². The predicted octanol–water partition coefficient (Wildman–Crippen LogP) is 2.91. The van der Waals surface area contributed by atoms with Crippen molar-refractivity contribution in [2.75, 3.05) is 57.9 Å². The Morgan fingerprint density at radius 3 is 2.30 bits per heavy atom. The minimum Gasteiger partial charge on any atom is -0.497 e. The van der Waals surface area contributed by atoms with E-state index >= 15 is 0 Å². The van der Waals surface area contributed by atoms with Crippen LogP contribution in [0.25, 0.3) is 10.9 Å². The highest BCUT2D eigenvalue weighted by Gasteiger charge is 2.32. The second-order valence-electron chi connectivity index (χ2n) is 9.83. The van der Waals surface area contributed by atoms with Crippen LogP contribution in [-0.4, -0.2) is 85.7 Å². The second-order valence-corrected chi connectivity index (χ2v) is 11.8. The van der Waals surface area contributed by atoms with Gasteiger partial charge in [-0.1, -0.05) is 12.1 Å². The van der Waals surface area contributed by atoms with Crippen LogP contribution < -0.4 is 9.64 Å². The molecule has 2 aliphatic heterocycles. The van der Waals surface area contributed by atoms with Crippen molar-refractivity contribution in [2.45, 2.75) is 30.7 Å². The zero-order chi connectivity index (χ0) is 26.0. The lowest BCUT2D eigenvalue weighted by Gasteiger charge is -2.37. The number of hydrogen-bond donors (Lipinski definition) is 1. The Morgan fingerprint density at radius 2 is 1.65 bits per heavy atom. The standard InChI is InChI=1S/C27H35N5O4S/c1-20(30-15-17-32(18-16-30)37(34,35)23-9-7-22(36-2)8-10-23)26-28-25-6-4-3-5-24(25)27(29-26)31-13-11-21(19-33)12-14-31/h3-10,20-21,33H,11-19H2,1-2H3. The Kier molecular flexibility index (Phi) is 7.62. The van der Waals surface area contributed by atoms with Gasteiger partial charge in [0.2, 0.25) is 10.0 Å². The van der Waals surface area contributed by atoms with Gasteiger partial charge in [0.1, 0.15) is 17.4 Å². The molecular formula is C27H35N5O4S. The fourth-order valence-electron chi connectivity index (χ4n) is 5.22. The van der Waals surface area contributed by atoms with Gasteiger partial charge in [-0.15, -0.1) is 0 Å². The molecule has 1 atom stereocenters. The third kappa shape index (κ3) is 5.29. The Labute approximate surface area is 218 Å². The lowest BCUT2D eigenvalue weighted by molar-refractivity contribution is 0.141. The molecule has 2 saturated heterocycles. The van der Waals surface area contributed by atoms with E-state index in [1.54, 1.807) is 35.7 Å². The maximum absolute atomic E-state index is 13.2. The quantitative estimate of drug-likeness (QED) is 0.503. The number of fused-ring (bicyclic) bond motifs is 1. The summed E-state index contributed by atoms with van der Waals surface area (Å²) in [6.45, 7) is 6.08. The molecule has 1 N–H and O–H groups in total. The normalized spacial score (nSPS) is 19.3. The minimum atomic E-state index is -3.56. The smallest absolute Gasteiger partial charge is 0.243 e. The highest BCUT2D eigenvalue weighted by atomic mass is 32.2. The number of hydrogen-bond acceptors (Lipinski definition) is 8. The van der Waals surface area contributed by atoms with Gasteiger partial charge in [0.25, 0.3) is 0 Å². The fourth-order valence-corrected chi connectivity index (χ4v) is 6.65. The molecule has 0 spiro atoms. The Hall–Kier alpha value is -2.79. The maximum atomic E-state index is 13.2. The summed E-state index contributed by atoms with van der Waals surface area (Å²) >= 11 is 0. The van der Waals surface area contributed by atoms with Crippen LogP contribution in [0, 0.1) is 5.92 Å². The summed E-state index contributed by atoms with van der Waals surface area (Å²) < 4.78 is 33.0. The van der Waals surface area contributed by atoms with Crippen LogP contribution in [0.15, 0.2) is 53.4 Å². The summed E-state index contributed by atoms with van der Waals surface area (Å²) in [7, 11) is -2.00. The largest absolute Gasteiger partial charge is 0.497 e. The van der Waals surface area contributed by atoms with Crippen LogP contribution in [0.3, 0.4) is 0 Å². The molecule has 0 radical (unpaired) electrons. The number of piperidine rings is 1.